The van der Waals surface area contributed by atoms with Gasteiger partial charge >= 0.3 is 0 Å². The third-order valence-corrected chi connectivity index (χ3v) is 3.58. The number of nitrogens with one attached hydrogen (secondary N) is 1. The van der Waals surface area contributed by atoms with E-state index in [4.69, 9.17) is 5.73 Å². The van der Waals surface area contributed by atoms with E-state index in [1.54, 1.807) is 0 Å². The largest absolute Gasteiger partial charge is 0.368 e. The minimum atomic E-state index is -0.218. The van der Waals surface area contributed by atoms with Gasteiger partial charge in [-0.15, -0.1) is 0 Å². The molecule has 2 rings (SSSR count). The molecule has 1 saturated heterocycles. The molecule has 1 heterocycles. The number of hydrogen-bond donors (Lipinski definition) is 2. The highest BCUT2D eigenvalue weighted by Crippen LogP contribution is 2.28. The molecule has 4 nitrogen and oxygen atoms in total. The zero-order chi connectivity index (χ0) is 13.8. The number of amides is 1. The average Bonchev–Trinajstić information content (AvgIpc) is 2.85. The van der Waals surface area contributed by atoms with Crippen LogP contribution in [0.25, 0.3) is 0 Å². The molecule has 104 valence electrons. The molecule has 19 heavy (non-hydrogen) atoms. The smallest absolute Gasteiger partial charge is 0.240 e. The Bertz CT molecular complexity index is 445. The van der Waals surface area contributed by atoms with Crippen LogP contribution in [0.1, 0.15) is 32.3 Å². The predicted molar refractivity (Wildman–Crippen MR) is 78.0 cm³/mol. The van der Waals surface area contributed by atoms with Crippen molar-refractivity contribution in [2.45, 2.75) is 45.3 Å². The molecule has 0 aromatic heterocycles. The van der Waals surface area contributed by atoms with E-state index in [2.05, 4.69) is 36.2 Å². The van der Waals surface area contributed by atoms with E-state index in [-0.39, 0.29) is 11.9 Å². The molecule has 1 aromatic carbocycles. The van der Waals surface area contributed by atoms with E-state index in [1.807, 2.05) is 12.1 Å². The van der Waals surface area contributed by atoms with Crippen LogP contribution in [-0.2, 0) is 11.3 Å². The van der Waals surface area contributed by atoms with Crippen molar-refractivity contribution in [3.05, 3.63) is 29.8 Å². The van der Waals surface area contributed by atoms with Gasteiger partial charge in [0.1, 0.15) is 6.04 Å². The summed E-state index contributed by atoms with van der Waals surface area (Å²) in [7, 11) is 0. The SMILES string of the molecule is CC(C)NCc1ccccc1N1CCCC1C(N)=O. The van der Waals surface area contributed by atoms with E-state index in [9.17, 15) is 4.79 Å². The number of rotatable bonds is 5. The summed E-state index contributed by atoms with van der Waals surface area (Å²) in [5, 5.41) is 3.43. The van der Waals surface area contributed by atoms with Crippen LogP contribution in [0.2, 0.25) is 0 Å². The molecule has 0 spiro atoms. The molecule has 1 aromatic rings. The van der Waals surface area contributed by atoms with Crippen molar-refractivity contribution in [3.63, 3.8) is 0 Å². The van der Waals surface area contributed by atoms with Crippen LogP contribution in [-0.4, -0.2) is 24.5 Å². The molecule has 0 bridgehead atoms. The molecule has 1 unspecified atom stereocenters. The molecule has 1 amide bonds. The van der Waals surface area contributed by atoms with Crippen LogP contribution in [0.15, 0.2) is 24.3 Å². The lowest BCUT2D eigenvalue weighted by molar-refractivity contribution is -0.119. The summed E-state index contributed by atoms with van der Waals surface area (Å²) in [6.45, 7) is 5.98. The van der Waals surface area contributed by atoms with Gasteiger partial charge in [0.25, 0.3) is 0 Å². The Morgan fingerprint density at radius 3 is 2.89 bits per heavy atom. The topological polar surface area (TPSA) is 58.4 Å². The molecule has 0 saturated carbocycles. The third-order valence-electron chi connectivity index (χ3n) is 3.58. The number of nitrogens with two attached hydrogens (primary N) is 1. The number of carbonyl (C=O) groups excluding carboxylic acids is 1. The van der Waals surface area contributed by atoms with Gasteiger partial charge in [-0.25, -0.2) is 0 Å². The van der Waals surface area contributed by atoms with Crippen molar-refractivity contribution in [2.24, 2.45) is 5.73 Å². The van der Waals surface area contributed by atoms with Crippen LogP contribution in [0.5, 0.6) is 0 Å². The highest BCUT2D eigenvalue weighted by atomic mass is 16.1. The zero-order valence-electron chi connectivity index (χ0n) is 11.7. The van der Waals surface area contributed by atoms with Crippen LogP contribution in [0, 0.1) is 0 Å². The monoisotopic (exact) mass is 261 g/mol. The number of primary amides is 1. The Morgan fingerprint density at radius 2 is 2.21 bits per heavy atom. The average molecular weight is 261 g/mol. The van der Waals surface area contributed by atoms with Crippen molar-refractivity contribution < 1.29 is 4.79 Å². The molecule has 1 aliphatic heterocycles. The first-order valence-electron chi connectivity index (χ1n) is 6.97. The summed E-state index contributed by atoms with van der Waals surface area (Å²) in [6, 6.07) is 8.54. The molecule has 1 fully saturated rings. The first-order valence-corrected chi connectivity index (χ1v) is 6.97. The molecule has 1 atom stereocenters. The van der Waals surface area contributed by atoms with Crippen molar-refractivity contribution in [1.29, 1.82) is 0 Å². The predicted octanol–water partition coefficient (Wildman–Crippen LogP) is 1.64. The van der Waals surface area contributed by atoms with Gasteiger partial charge in [0.05, 0.1) is 0 Å². The number of benzene rings is 1. The molecule has 1 aliphatic rings. The fourth-order valence-electron chi connectivity index (χ4n) is 2.61. The van der Waals surface area contributed by atoms with Crippen LogP contribution >= 0.6 is 0 Å². The Hall–Kier alpha value is -1.55. The quantitative estimate of drug-likeness (QED) is 0.847. The van der Waals surface area contributed by atoms with Gasteiger partial charge in [-0.3, -0.25) is 4.79 Å². The molecule has 4 heteroatoms. The van der Waals surface area contributed by atoms with Gasteiger partial charge in [-0.1, -0.05) is 32.0 Å². The zero-order valence-corrected chi connectivity index (χ0v) is 11.7. The Kier molecular flexibility index (Phi) is 4.43. The third kappa shape index (κ3) is 3.26. The Balaban J connectivity index is 2.21. The van der Waals surface area contributed by atoms with Crippen LogP contribution in [0.4, 0.5) is 5.69 Å². The van der Waals surface area contributed by atoms with E-state index < -0.39 is 0 Å². The second-order valence-corrected chi connectivity index (χ2v) is 5.42. The summed E-state index contributed by atoms with van der Waals surface area (Å²) in [6.07, 6.45) is 1.89. The molecular weight excluding hydrogens is 238 g/mol. The fraction of sp³-hybridized carbons (Fsp3) is 0.533. The van der Waals surface area contributed by atoms with Gasteiger partial charge < -0.3 is 16.0 Å². The van der Waals surface area contributed by atoms with Crippen LogP contribution < -0.4 is 16.0 Å². The number of hydrogen-bond acceptors (Lipinski definition) is 3. The normalized spacial score (nSPS) is 19.1. The lowest BCUT2D eigenvalue weighted by atomic mass is 10.1. The van der Waals surface area contributed by atoms with Crippen molar-refractivity contribution >= 4 is 11.6 Å². The minimum Gasteiger partial charge on any atom is -0.368 e. The number of anilines is 1. The summed E-state index contributed by atoms with van der Waals surface area (Å²) >= 11 is 0. The van der Waals surface area contributed by atoms with Gasteiger partial charge in [0.2, 0.25) is 5.91 Å². The standard InChI is InChI=1S/C15H23N3O/c1-11(2)17-10-12-6-3-4-7-13(12)18-9-5-8-14(18)15(16)19/h3-4,6-7,11,14,17H,5,8-10H2,1-2H3,(H2,16,19). The maximum absolute atomic E-state index is 11.5. The summed E-state index contributed by atoms with van der Waals surface area (Å²) in [4.78, 5) is 13.7. The van der Waals surface area contributed by atoms with Gasteiger partial charge in [0.15, 0.2) is 0 Å². The second-order valence-electron chi connectivity index (χ2n) is 5.42. The van der Waals surface area contributed by atoms with E-state index >= 15 is 0 Å². The number of para-hydroxylation sites is 1. The number of carbonyl (C=O) groups is 1. The van der Waals surface area contributed by atoms with Crippen LogP contribution in [0.3, 0.4) is 0 Å². The minimum absolute atomic E-state index is 0.153. The first kappa shape index (κ1) is 13.9. The van der Waals surface area contributed by atoms with Gasteiger partial charge in [-0.05, 0) is 24.5 Å². The summed E-state index contributed by atoms with van der Waals surface area (Å²) in [5.41, 5.74) is 7.86. The summed E-state index contributed by atoms with van der Waals surface area (Å²) in [5.74, 6) is -0.218. The van der Waals surface area contributed by atoms with E-state index in [0.717, 1.165) is 31.6 Å². The lowest BCUT2D eigenvalue weighted by Crippen LogP contribution is -2.41. The van der Waals surface area contributed by atoms with E-state index in [1.165, 1.54) is 5.56 Å². The Morgan fingerprint density at radius 1 is 1.47 bits per heavy atom. The van der Waals surface area contributed by atoms with Crippen molar-refractivity contribution in [1.82, 2.24) is 5.32 Å². The van der Waals surface area contributed by atoms with Crippen molar-refractivity contribution in [2.75, 3.05) is 11.4 Å². The Labute approximate surface area is 115 Å². The lowest BCUT2D eigenvalue weighted by Gasteiger charge is -2.27. The van der Waals surface area contributed by atoms with Gasteiger partial charge in [-0.2, -0.15) is 0 Å². The van der Waals surface area contributed by atoms with Crippen molar-refractivity contribution in [3.8, 4) is 0 Å². The number of nitrogens with zero attached hydrogens (tertiary/aromatic N) is 1. The second kappa shape index (κ2) is 6.06. The molecular formula is C15H23N3O. The molecule has 0 aliphatic carbocycles. The summed E-state index contributed by atoms with van der Waals surface area (Å²) < 4.78 is 0. The maximum Gasteiger partial charge on any atom is 0.240 e. The fourth-order valence-corrected chi connectivity index (χ4v) is 2.61. The maximum atomic E-state index is 11.5. The van der Waals surface area contributed by atoms with Gasteiger partial charge in [0, 0.05) is 24.8 Å². The first-order chi connectivity index (χ1) is 9.09. The highest BCUT2D eigenvalue weighted by molar-refractivity contribution is 5.84. The highest BCUT2D eigenvalue weighted by Gasteiger charge is 2.30. The molecule has 0 radical (unpaired) electrons. The van der Waals surface area contributed by atoms with E-state index in [0.29, 0.717) is 6.04 Å². The molecule has 3 N–H and O–H groups in total.